The molecule has 3 aromatic rings. The summed E-state index contributed by atoms with van der Waals surface area (Å²) >= 11 is 0. The van der Waals surface area contributed by atoms with E-state index in [9.17, 15) is 57.8 Å². The Hall–Kier alpha value is -8.22. The van der Waals surface area contributed by atoms with Crippen molar-refractivity contribution in [3.63, 3.8) is 0 Å². The molecule has 10 atom stereocenters. The molecule has 76 heavy (non-hydrogen) atoms. The van der Waals surface area contributed by atoms with Gasteiger partial charge >= 0.3 is 0 Å². The second kappa shape index (κ2) is 26.3. The van der Waals surface area contributed by atoms with Gasteiger partial charge in [-0.1, -0.05) is 74.5 Å². The van der Waals surface area contributed by atoms with E-state index >= 15 is 0 Å². The number of imidazole rings is 1. The minimum Gasteiger partial charge on any atom is -0.391 e. The zero-order valence-corrected chi connectivity index (χ0v) is 42.5. The first-order chi connectivity index (χ1) is 36.2. The number of rotatable bonds is 12. The number of aromatic amines is 1. The van der Waals surface area contributed by atoms with E-state index in [2.05, 4.69) is 47.2 Å². The van der Waals surface area contributed by atoms with Gasteiger partial charge in [-0.25, -0.2) is 4.98 Å². The first kappa shape index (κ1) is 57.1. The van der Waals surface area contributed by atoms with Gasteiger partial charge in [-0.2, -0.15) is 0 Å². The van der Waals surface area contributed by atoms with E-state index < -0.39 is 144 Å². The van der Waals surface area contributed by atoms with Crippen LogP contribution in [0.5, 0.6) is 0 Å². The van der Waals surface area contributed by atoms with Crippen LogP contribution in [0.2, 0.25) is 0 Å². The summed E-state index contributed by atoms with van der Waals surface area (Å²) in [5.74, 6) is -10.9. The van der Waals surface area contributed by atoms with Crippen molar-refractivity contribution in [2.45, 2.75) is 139 Å². The molecule has 3 fully saturated rings. The van der Waals surface area contributed by atoms with Crippen LogP contribution < -0.4 is 48.7 Å². The predicted octanol–water partition coefficient (Wildman–Crippen LogP) is -3.39. The Labute approximate surface area is 438 Å². The topological polar surface area (TPSA) is 379 Å². The molecule has 13 N–H and O–H groups in total. The number of benzene rings is 2. The zero-order chi connectivity index (χ0) is 55.2. The molecule has 1 unspecified atom stereocenters. The number of hydrogen-bond donors (Lipinski definition) is 11. The van der Waals surface area contributed by atoms with Gasteiger partial charge in [-0.3, -0.25) is 52.7 Å². The maximum absolute atomic E-state index is 14.8. The Balaban J connectivity index is 1.41. The molecule has 1 aromatic heterocycles. The molecule has 0 spiro atoms. The van der Waals surface area contributed by atoms with Gasteiger partial charge in [0, 0.05) is 44.2 Å². The molecule has 0 saturated carbocycles. The Morgan fingerprint density at radius 1 is 0.553 bits per heavy atom. The average molecular weight is 1050 g/mol. The molecule has 25 nitrogen and oxygen atoms in total. The summed E-state index contributed by atoms with van der Waals surface area (Å²) in [4.78, 5) is 164. The van der Waals surface area contributed by atoms with Crippen molar-refractivity contribution in [3.8, 4) is 0 Å². The third kappa shape index (κ3) is 15.2. The molecule has 0 aliphatic carbocycles. The molecular formula is C51H67N13O12. The normalized spacial score (nSPS) is 26.4. The maximum Gasteiger partial charge on any atom is 0.246 e. The lowest BCUT2D eigenvalue weighted by molar-refractivity contribution is -0.148. The van der Waals surface area contributed by atoms with Crippen molar-refractivity contribution in [3.05, 3.63) is 90.0 Å². The lowest BCUT2D eigenvalue weighted by Gasteiger charge is -2.34. The van der Waals surface area contributed by atoms with Gasteiger partial charge in [0.25, 0.3) is 0 Å². The van der Waals surface area contributed by atoms with Crippen LogP contribution in [-0.2, 0) is 72.0 Å². The van der Waals surface area contributed by atoms with Crippen LogP contribution in [0.25, 0.3) is 0 Å². The second-order valence-corrected chi connectivity index (χ2v) is 19.6. The van der Waals surface area contributed by atoms with E-state index in [1.54, 1.807) is 74.5 Å². The van der Waals surface area contributed by atoms with Crippen LogP contribution in [0, 0.1) is 5.92 Å². The summed E-state index contributed by atoms with van der Waals surface area (Å²) in [6, 6.07) is 3.64. The molecule has 2 aromatic carbocycles. The smallest absolute Gasteiger partial charge is 0.246 e. The molecule has 0 radical (unpaired) electrons. The Kier molecular flexibility index (Phi) is 19.8. The van der Waals surface area contributed by atoms with E-state index in [1.165, 1.54) is 29.2 Å². The highest BCUT2D eigenvalue weighted by atomic mass is 16.3. The summed E-state index contributed by atoms with van der Waals surface area (Å²) in [6.45, 7) is 4.56. The molecule has 3 aliphatic heterocycles. The van der Waals surface area contributed by atoms with Crippen LogP contribution in [0.15, 0.2) is 73.2 Å². The Morgan fingerprint density at radius 3 is 1.51 bits per heavy atom. The minimum absolute atomic E-state index is 0.0887. The van der Waals surface area contributed by atoms with Crippen molar-refractivity contribution in [2.75, 3.05) is 13.1 Å². The van der Waals surface area contributed by atoms with E-state index in [-0.39, 0.29) is 45.2 Å². The van der Waals surface area contributed by atoms with Crippen LogP contribution in [0.1, 0.15) is 76.1 Å². The van der Waals surface area contributed by atoms with Crippen molar-refractivity contribution < 1.29 is 57.8 Å². The van der Waals surface area contributed by atoms with Crippen molar-refractivity contribution >= 4 is 65.0 Å². The minimum atomic E-state index is -1.77. The lowest BCUT2D eigenvalue weighted by Crippen LogP contribution is -2.62. The number of aliphatic hydroxyl groups is 1. The van der Waals surface area contributed by atoms with E-state index in [0.717, 1.165) is 0 Å². The van der Waals surface area contributed by atoms with Gasteiger partial charge in [-0.05, 0) is 49.7 Å². The van der Waals surface area contributed by atoms with Gasteiger partial charge in [0.15, 0.2) is 0 Å². The molecule has 11 amide bonds. The predicted molar refractivity (Wildman–Crippen MR) is 270 cm³/mol. The fraction of sp³-hybridized carbons (Fsp3) is 0.490. The van der Waals surface area contributed by atoms with Gasteiger partial charge in [0.05, 0.1) is 25.3 Å². The Morgan fingerprint density at radius 2 is 0.987 bits per heavy atom. The summed E-state index contributed by atoms with van der Waals surface area (Å²) in [5.41, 5.74) is 12.6. The van der Waals surface area contributed by atoms with E-state index in [4.69, 9.17) is 11.5 Å². The molecule has 3 aliphatic rings. The highest BCUT2D eigenvalue weighted by Crippen LogP contribution is 2.27. The van der Waals surface area contributed by atoms with Crippen LogP contribution in [0.3, 0.4) is 0 Å². The van der Waals surface area contributed by atoms with Crippen molar-refractivity contribution in [1.82, 2.24) is 57.0 Å². The Bertz CT molecular complexity index is 2600. The number of primary amides is 2. The van der Waals surface area contributed by atoms with Crippen molar-refractivity contribution in [1.29, 1.82) is 0 Å². The van der Waals surface area contributed by atoms with Gasteiger partial charge in [-0.15, -0.1) is 0 Å². The highest BCUT2D eigenvalue weighted by molar-refractivity contribution is 6.01. The zero-order valence-electron chi connectivity index (χ0n) is 42.5. The molecular weight excluding hydrogens is 987 g/mol. The fourth-order valence-electron chi connectivity index (χ4n) is 9.52. The number of aliphatic hydroxyl groups excluding tert-OH is 1. The molecule has 408 valence electrons. The fourth-order valence-corrected chi connectivity index (χ4v) is 9.52. The number of hydrogen-bond acceptors (Lipinski definition) is 13. The van der Waals surface area contributed by atoms with Gasteiger partial charge < -0.3 is 68.6 Å². The number of carbonyl (C=O) groups excluding carboxylic acids is 11. The average Bonchev–Trinajstić information content (AvgIpc) is 4.20. The number of carbonyl (C=O) groups is 11. The molecule has 25 heteroatoms. The maximum atomic E-state index is 14.8. The first-order valence-corrected chi connectivity index (χ1v) is 25.2. The monoisotopic (exact) mass is 1050 g/mol. The number of nitrogens with two attached hydrogens (primary N) is 2. The molecule has 6 rings (SSSR count). The summed E-state index contributed by atoms with van der Waals surface area (Å²) in [7, 11) is 0. The van der Waals surface area contributed by atoms with Gasteiger partial charge in [0.1, 0.15) is 54.4 Å². The van der Waals surface area contributed by atoms with Gasteiger partial charge in [0.2, 0.25) is 65.0 Å². The van der Waals surface area contributed by atoms with Crippen LogP contribution in [0.4, 0.5) is 0 Å². The number of nitrogens with one attached hydrogen (secondary N) is 8. The number of fused-ring (bicyclic) bond motifs is 2. The van der Waals surface area contributed by atoms with Crippen LogP contribution >= 0.6 is 0 Å². The largest absolute Gasteiger partial charge is 0.391 e. The quantitative estimate of drug-likeness (QED) is 0.0845. The highest BCUT2D eigenvalue weighted by Gasteiger charge is 2.45. The second-order valence-electron chi connectivity index (χ2n) is 19.6. The SMILES string of the molecule is CC(C)[C@@H]1NC(=O)[C@H](Cc2cnc[nH]2)NC(=O)[C@H](CC(N)=O)NC(=O)[C@H](Cc2ccccc2)NC(=O)[C@H](C(C)O)NC(=O)[C@@H]2CCCN2C(=O)[C@@H]2CCCN2C(=O)[C@H](Cc2ccccc2)NC(=O)[C@H](CC(N)=O)NC1=O. The summed E-state index contributed by atoms with van der Waals surface area (Å²) < 4.78 is 0. The van der Waals surface area contributed by atoms with Crippen LogP contribution in [-0.4, -0.2) is 163 Å². The van der Waals surface area contributed by atoms with Crippen molar-refractivity contribution in [2.24, 2.45) is 17.4 Å². The standard InChI is InChI=1S/C51H67N13O12/c1-27(2)41-48(73)59-35(24-40(53)67)45(70)60-36(21-30-14-8-5-9-15-30)50(75)64-19-11-17-38(64)51(76)63-18-10-16-37(63)47(72)62-42(28(3)65)49(74)58-32(20-29-12-6-4-7-13-29)43(68)57-34(23-39(52)66)44(69)56-33(46(71)61-41)22-31-25-54-26-55-31/h4-9,12-15,25-28,32-38,41-42,65H,10-11,16-24H2,1-3H3,(H2,52,66)(H2,53,67)(H,54,55)(H,56,69)(H,57,68)(H,58,74)(H,59,73)(H,60,70)(H,61,71)(H,62,72)/t28?,32-,33-,34-,35-,36-,37-,38-,41-,42-/m0/s1. The molecule has 4 heterocycles. The third-order valence-corrected chi connectivity index (χ3v) is 13.5. The first-order valence-electron chi connectivity index (χ1n) is 25.2. The lowest BCUT2D eigenvalue weighted by atomic mass is 10.0. The molecule has 0 bridgehead atoms. The third-order valence-electron chi connectivity index (χ3n) is 13.5. The van der Waals surface area contributed by atoms with E-state index in [0.29, 0.717) is 29.7 Å². The number of nitrogens with zero attached hydrogens (tertiary/aromatic N) is 3. The number of amides is 11. The number of H-pyrrole nitrogens is 1. The molecule has 3 saturated heterocycles. The summed E-state index contributed by atoms with van der Waals surface area (Å²) in [6.07, 6.45) is 0.0350. The van der Waals surface area contributed by atoms with E-state index in [1.807, 2.05) is 0 Å². The summed E-state index contributed by atoms with van der Waals surface area (Å²) in [5, 5.41) is 28.8. The number of aromatic nitrogens is 2.